The first-order valence-electron chi connectivity index (χ1n) is 5.18. The van der Waals surface area contributed by atoms with Gasteiger partial charge in [-0.3, -0.25) is 4.79 Å². The largest absolute Gasteiger partial charge is 0.363 e. The van der Waals surface area contributed by atoms with Gasteiger partial charge in [0.25, 0.3) is 0 Å². The zero-order valence-corrected chi connectivity index (χ0v) is 10.8. The van der Waals surface area contributed by atoms with Gasteiger partial charge in [0.05, 0.1) is 0 Å². The van der Waals surface area contributed by atoms with Gasteiger partial charge in [0.15, 0.2) is 5.11 Å². The number of nitrogens with one attached hydrogen (secondary N) is 3. The molecule has 1 amide bonds. The number of rotatable bonds is 4. The standard InChI is InChI=1S/C10H21N3OS/c1-5-11-9(15)12-7-6-8(14)13-10(2,3)4/h5-7H2,1-4H3,(H,13,14)(H2,11,12,15). The summed E-state index contributed by atoms with van der Waals surface area (Å²) in [6, 6.07) is 0. The molecule has 0 saturated heterocycles. The fraction of sp³-hybridized carbons (Fsp3) is 0.800. The molecule has 0 aromatic carbocycles. The second-order valence-electron chi connectivity index (χ2n) is 4.33. The number of carbonyl (C=O) groups is 1. The maximum atomic E-state index is 11.4. The monoisotopic (exact) mass is 231 g/mol. The normalized spacial score (nSPS) is 10.7. The molecular formula is C10H21N3OS. The van der Waals surface area contributed by atoms with Gasteiger partial charge < -0.3 is 16.0 Å². The molecule has 0 aromatic rings. The highest BCUT2D eigenvalue weighted by Crippen LogP contribution is 1.98. The van der Waals surface area contributed by atoms with E-state index in [2.05, 4.69) is 16.0 Å². The van der Waals surface area contributed by atoms with Crippen LogP contribution in [0.3, 0.4) is 0 Å². The lowest BCUT2D eigenvalue weighted by Crippen LogP contribution is -2.43. The minimum atomic E-state index is -0.167. The Morgan fingerprint density at radius 3 is 2.33 bits per heavy atom. The molecular weight excluding hydrogens is 210 g/mol. The summed E-state index contributed by atoms with van der Waals surface area (Å²) in [6.07, 6.45) is 0.433. The van der Waals surface area contributed by atoms with Crippen LogP contribution < -0.4 is 16.0 Å². The van der Waals surface area contributed by atoms with Crippen LogP contribution in [0.2, 0.25) is 0 Å². The van der Waals surface area contributed by atoms with Gasteiger partial charge in [0.2, 0.25) is 5.91 Å². The van der Waals surface area contributed by atoms with E-state index in [1.165, 1.54) is 0 Å². The highest BCUT2D eigenvalue weighted by atomic mass is 32.1. The van der Waals surface area contributed by atoms with Crippen molar-refractivity contribution in [2.24, 2.45) is 0 Å². The highest BCUT2D eigenvalue weighted by molar-refractivity contribution is 7.80. The van der Waals surface area contributed by atoms with E-state index in [1.54, 1.807) is 0 Å². The summed E-state index contributed by atoms with van der Waals surface area (Å²) in [5, 5.41) is 9.40. The predicted octanol–water partition coefficient (Wildman–Crippen LogP) is 0.775. The first-order valence-corrected chi connectivity index (χ1v) is 5.58. The summed E-state index contributed by atoms with van der Waals surface area (Å²) in [5.74, 6) is 0.0364. The molecule has 0 fully saturated rings. The minimum absolute atomic E-state index is 0.0364. The Bertz CT molecular complexity index is 223. The molecule has 88 valence electrons. The lowest BCUT2D eigenvalue weighted by molar-refractivity contribution is -0.122. The van der Waals surface area contributed by atoms with Gasteiger partial charge in [-0.05, 0) is 39.9 Å². The lowest BCUT2D eigenvalue weighted by atomic mass is 10.1. The summed E-state index contributed by atoms with van der Waals surface area (Å²) >= 11 is 4.96. The summed E-state index contributed by atoms with van der Waals surface area (Å²) in [5.41, 5.74) is -0.167. The molecule has 0 bridgehead atoms. The smallest absolute Gasteiger partial charge is 0.222 e. The van der Waals surface area contributed by atoms with E-state index < -0.39 is 0 Å². The zero-order valence-electron chi connectivity index (χ0n) is 9.94. The van der Waals surface area contributed by atoms with E-state index in [0.29, 0.717) is 18.1 Å². The van der Waals surface area contributed by atoms with E-state index in [9.17, 15) is 4.79 Å². The fourth-order valence-corrected chi connectivity index (χ4v) is 1.24. The van der Waals surface area contributed by atoms with Crippen LogP contribution in [-0.2, 0) is 4.79 Å². The SMILES string of the molecule is CCNC(=S)NCCC(=O)NC(C)(C)C. The van der Waals surface area contributed by atoms with Gasteiger partial charge in [-0.2, -0.15) is 0 Å². The van der Waals surface area contributed by atoms with Crippen molar-refractivity contribution in [1.82, 2.24) is 16.0 Å². The second-order valence-corrected chi connectivity index (χ2v) is 4.74. The van der Waals surface area contributed by atoms with Crippen molar-refractivity contribution in [3.8, 4) is 0 Å². The van der Waals surface area contributed by atoms with E-state index in [0.717, 1.165) is 6.54 Å². The van der Waals surface area contributed by atoms with Crippen molar-refractivity contribution in [3.05, 3.63) is 0 Å². The van der Waals surface area contributed by atoms with Gasteiger partial charge in [-0.25, -0.2) is 0 Å². The van der Waals surface area contributed by atoms with Gasteiger partial charge in [-0.15, -0.1) is 0 Å². The van der Waals surface area contributed by atoms with Crippen molar-refractivity contribution >= 4 is 23.2 Å². The third-order valence-electron chi connectivity index (χ3n) is 1.49. The summed E-state index contributed by atoms with van der Waals surface area (Å²) in [7, 11) is 0. The van der Waals surface area contributed by atoms with Crippen molar-refractivity contribution in [2.45, 2.75) is 39.7 Å². The number of carbonyl (C=O) groups excluding carboxylic acids is 1. The molecule has 0 radical (unpaired) electrons. The summed E-state index contributed by atoms with van der Waals surface area (Å²) in [6.45, 7) is 9.21. The first-order chi connectivity index (χ1) is 6.85. The van der Waals surface area contributed by atoms with E-state index in [-0.39, 0.29) is 11.4 Å². The van der Waals surface area contributed by atoms with Crippen LogP contribution in [0.1, 0.15) is 34.1 Å². The number of thiocarbonyl (C=S) groups is 1. The molecule has 0 aliphatic heterocycles. The Morgan fingerprint density at radius 2 is 1.87 bits per heavy atom. The van der Waals surface area contributed by atoms with Crippen LogP contribution in [0.25, 0.3) is 0 Å². The average Bonchev–Trinajstić information content (AvgIpc) is 2.00. The van der Waals surface area contributed by atoms with Crippen LogP contribution in [0.5, 0.6) is 0 Å². The Kier molecular flexibility index (Phi) is 6.24. The molecule has 0 unspecified atom stereocenters. The number of hydrogen-bond acceptors (Lipinski definition) is 2. The van der Waals surface area contributed by atoms with Crippen molar-refractivity contribution in [3.63, 3.8) is 0 Å². The van der Waals surface area contributed by atoms with Gasteiger partial charge in [0.1, 0.15) is 0 Å². The Labute approximate surface area is 97.2 Å². The number of amides is 1. The van der Waals surface area contributed by atoms with Crippen molar-refractivity contribution in [1.29, 1.82) is 0 Å². The summed E-state index contributed by atoms with van der Waals surface area (Å²) in [4.78, 5) is 11.4. The van der Waals surface area contributed by atoms with Crippen LogP contribution in [0, 0.1) is 0 Å². The third-order valence-corrected chi connectivity index (χ3v) is 1.78. The first kappa shape index (κ1) is 14.2. The molecule has 0 aliphatic rings. The van der Waals surface area contributed by atoms with Crippen LogP contribution in [0.15, 0.2) is 0 Å². The highest BCUT2D eigenvalue weighted by Gasteiger charge is 2.12. The quantitative estimate of drug-likeness (QED) is 0.626. The maximum Gasteiger partial charge on any atom is 0.222 e. The molecule has 0 aliphatic carbocycles. The average molecular weight is 231 g/mol. The lowest BCUT2D eigenvalue weighted by Gasteiger charge is -2.20. The molecule has 0 rings (SSSR count). The second kappa shape index (κ2) is 6.61. The zero-order chi connectivity index (χ0) is 11.9. The molecule has 0 aromatic heterocycles. The van der Waals surface area contributed by atoms with Gasteiger partial charge >= 0.3 is 0 Å². The van der Waals surface area contributed by atoms with Crippen LogP contribution in [0.4, 0.5) is 0 Å². The Morgan fingerprint density at radius 1 is 1.27 bits per heavy atom. The van der Waals surface area contributed by atoms with Crippen LogP contribution in [-0.4, -0.2) is 29.6 Å². The molecule has 0 atom stereocenters. The Hall–Kier alpha value is -0.840. The van der Waals surface area contributed by atoms with E-state index >= 15 is 0 Å². The predicted molar refractivity (Wildman–Crippen MR) is 66.8 cm³/mol. The third kappa shape index (κ3) is 9.46. The molecule has 0 heterocycles. The fourth-order valence-electron chi connectivity index (χ4n) is 0.993. The van der Waals surface area contributed by atoms with Gasteiger partial charge in [0, 0.05) is 25.0 Å². The Balaban J connectivity index is 3.60. The molecule has 3 N–H and O–H groups in total. The van der Waals surface area contributed by atoms with Gasteiger partial charge in [-0.1, -0.05) is 0 Å². The van der Waals surface area contributed by atoms with E-state index in [4.69, 9.17) is 12.2 Å². The maximum absolute atomic E-state index is 11.4. The van der Waals surface area contributed by atoms with Crippen LogP contribution >= 0.6 is 12.2 Å². The molecule has 4 nitrogen and oxygen atoms in total. The topological polar surface area (TPSA) is 53.2 Å². The van der Waals surface area contributed by atoms with Crippen molar-refractivity contribution < 1.29 is 4.79 Å². The summed E-state index contributed by atoms with van der Waals surface area (Å²) < 4.78 is 0. The number of hydrogen-bond donors (Lipinski definition) is 3. The molecule has 0 spiro atoms. The van der Waals surface area contributed by atoms with E-state index in [1.807, 2.05) is 27.7 Å². The minimum Gasteiger partial charge on any atom is -0.363 e. The van der Waals surface area contributed by atoms with Crippen molar-refractivity contribution in [2.75, 3.05) is 13.1 Å². The molecule has 0 saturated carbocycles. The molecule has 15 heavy (non-hydrogen) atoms. The molecule has 5 heteroatoms.